The third-order valence-electron chi connectivity index (χ3n) is 5.47. The first-order valence-electron chi connectivity index (χ1n) is 11.6. The Kier molecular flexibility index (Phi) is 11.0. The van der Waals surface area contributed by atoms with Crippen LogP contribution in [-0.2, 0) is 26.2 Å². The molecule has 0 aliphatic carbocycles. The van der Waals surface area contributed by atoms with E-state index in [1.165, 1.54) is 29.2 Å². The summed E-state index contributed by atoms with van der Waals surface area (Å²) in [6, 6.07) is 11.5. The predicted molar refractivity (Wildman–Crippen MR) is 137 cm³/mol. The van der Waals surface area contributed by atoms with E-state index in [-0.39, 0.29) is 37.7 Å². The van der Waals surface area contributed by atoms with Crippen LogP contribution in [0.1, 0.15) is 45.1 Å². The highest BCUT2D eigenvalue weighted by Crippen LogP contribution is 2.20. The van der Waals surface area contributed by atoms with Crippen molar-refractivity contribution < 1.29 is 22.4 Å². The number of hydrogen-bond acceptors (Lipinski definition) is 4. The lowest BCUT2D eigenvalue weighted by Gasteiger charge is -2.31. The molecule has 2 amide bonds. The van der Waals surface area contributed by atoms with Gasteiger partial charge in [0.15, 0.2) is 0 Å². The number of rotatable bonds is 13. The summed E-state index contributed by atoms with van der Waals surface area (Å²) < 4.78 is 39.1. The van der Waals surface area contributed by atoms with Crippen molar-refractivity contribution >= 4 is 39.1 Å². The number of nitrogens with zero attached hydrogens (tertiary/aromatic N) is 2. The highest BCUT2D eigenvalue weighted by atomic mass is 35.5. The fraction of sp³-hybridized carbons (Fsp3) is 0.440. The zero-order chi connectivity index (χ0) is 26.0. The summed E-state index contributed by atoms with van der Waals surface area (Å²) in [4.78, 5) is 27.7. The summed E-state index contributed by atoms with van der Waals surface area (Å²) >= 11 is 5.98. The van der Waals surface area contributed by atoms with Crippen molar-refractivity contribution in [2.24, 2.45) is 0 Å². The molecule has 0 aliphatic rings. The molecule has 0 saturated carbocycles. The first kappa shape index (κ1) is 28.6. The number of hydrogen-bond donors (Lipinski definition) is 1. The van der Waals surface area contributed by atoms with Gasteiger partial charge in [-0.05, 0) is 61.2 Å². The second-order valence-corrected chi connectivity index (χ2v) is 10.6. The Bertz CT molecular complexity index is 1080. The molecule has 0 heterocycles. The molecule has 10 heteroatoms. The molecule has 2 aromatic rings. The summed E-state index contributed by atoms with van der Waals surface area (Å²) in [6.45, 7) is 4.58. The van der Waals surface area contributed by atoms with Crippen molar-refractivity contribution in [1.29, 1.82) is 0 Å². The zero-order valence-corrected chi connectivity index (χ0v) is 21.9. The fourth-order valence-electron chi connectivity index (χ4n) is 3.68. The molecule has 2 aromatic carbocycles. The van der Waals surface area contributed by atoms with Gasteiger partial charge in [0.2, 0.25) is 21.8 Å². The second kappa shape index (κ2) is 13.4. The quantitative estimate of drug-likeness (QED) is 0.421. The summed E-state index contributed by atoms with van der Waals surface area (Å²) in [5.74, 6) is -0.950. The molecular formula is C25H33ClFN3O4S. The number of nitrogens with one attached hydrogen (secondary N) is 1. The highest BCUT2D eigenvalue weighted by molar-refractivity contribution is 7.92. The van der Waals surface area contributed by atoms with Gasteiger partial charge < -0.3 is 10.2 Å². The van der Waals surface area contributed by atoms with Gasteiger partial charge in [0.1, 0.15) is 11.9 Å². The third kappa shape index (κ3) is 8.81. The first-order chi connectivity index (χ1) is 16.6. The summed E-state index contributed by atoms with van der Waals surface area (Å²) in [5, 5.41) is 3.43. The van der Waals surface area contributed by atoms with Gasteiger partial charge in [-0.2, -0.15) is 0 Å². The normalized spacial score (nSPS) is 12.1. The Hall–Kier alpha value is -2.65. The van der Waals surface area contributed by atoms with Crippen molar-refractivity contribution in [3.8, 4) is 0 Å². The van der Waals surface area contributed by atoms with Crippen LogP contribution >= 0.6 is 11.6 Å². The maximum atomic E-state index is 13.3. The summed E-state index contributed by atoms with van der Waals surface area (Å²) in [6.07, 6.45) is 2.54. The van der Waals surface area contributed by atoms with E-state index < -0.39 is 21.9 Å². The smallest absolute Gasteiger partial charge is 0.242 e. The molecule has 0 aromatic heterocycles. The lowest BCUT2D eigenvalue weighted by molar-refractivity contribution is -0.141. The van der Waals surface area contributed by atoms with Crippen molar-refractivity contribution in [2.75, 3.05) is 23.7 Å². The fourth-order valence-corrected chi connectivity index (χ4v) is 4.77. The number of anilines is 1. The summed E-state index contributed by atoms with van der Waals surface area (Å²) in [5.41, 5.74) is 1.15. The minimum Gasteiger partial charge on any atom is -0.354 e. The van der Waals surface area contributed by atoms with Crippen LogP contribution in [0, 0.1) is 5.82 Å². The van der Waals surface area contributed by atoms with Crippen molar-refractivity contribution in [1.82, 2.24) is 10.2 Å². The van der Waals surface area contributed by atoms with E-state index >= 15 is 0 Å². The molecule has 0 radical (unpaired) electrons. The number of halogens is 2. The molecule has 0 aliphatic heterocycles. The molecule has 2 rings (SSSR count). The van der Waals surface area contributed by atoms with Crippen LogP contribution in [0.25, 0.3) is 0 Å². The average molecular weight is 526 g/mol. The van der Waals surface area contributed by atoms with E-state index in [4.69, 9.17) is 11.6 Å². The van der Waals surface area contributed by atoms with Crippen LogP contribution in [0.2, 0.25) is 5.02 Å². The Morgan fingerprint density at radius 3 is 2.23 bits per heavy atom. The van der Waals surface area contributed by atoms with Crippen LogP contribution in [0.15, 0.2) is 48.5 Å². The Morgan fingerprint density at radius 1 is 1.06 bits per heavy atom. The van der Waals surface area contributed by atoms with E-state index in [9.17, 15) is 22.4 Å². The average Bonchev–Trinajstić information content (AvgIpc) is 2.81. The number of sulfonamides is 1. The van der Waals surface area contributed by atoms with Crippen LogP contribution in [0.3, 0.4) is 0 Å². The molecule has 0 bridgehead atoms. The molecule has 0 saturated heterocycles. The molecule has 1 atom stereocenters. The number of benzene rings is 2. The lowest BCUT2D eigenvalue weighted by Crippen LogP contribution is -2.49. The van der Waals surface area contributed by atoms with E-state index in [1.54, 1.807) is 24.3 Å². The minimum absolute atomic E-state index is 0.0400. The van der Waals surface area contributed by atoms with Gasteiger partial charge in [-0.1, -0.05) is 37.6 Å². The largest absolute Gasteiger partial charge is 0.354 e. The van der Waals surface area contributed by atoms with Crippen molar-refractivity contribution in [3.63, 3.8) is 0 Å². The van der Waals surface area contributed by atoms with Crippen molar-refractivity contribution in [2.45, 2.75) is 52.1 Å². The molecule has 0 unspecified atom stereocenters. The molecule has 0 spiro atoms. The van der Waals surface area contributed by atoms with Crippen LogP contribution in [0.4, 0.5) is 10.1 Å². The second-order valence-electron chi connectivity index (χ2n) is 8.28. The van der Waals surface area contributed by atoms with Gasteiger partial charge in [0, 0.05) is 31.1 Å². The zero-order valence-electron chi connectivity index (χ0n) is 20.3. The molecule has 0 fully saturated rings. The maximum Gasteiger partial charge on any atom is 0.242 e. The van der Waals surface area contributed by atoms with Gasteiger partial charge >= 0.3 is 0 Å². The van der Waals surface area contributed by atoms with E-state index in [0.29, 0.717) is 23.7 Å². The highest BCUT2D eigenvalue weighted by Gasteiger charge is 2.28. The number of carbonyl (C=O) groups excluding carboxylic acids is 2. The minimum atomic E-state index is -3.64. The van der Waals surface area contributed by atoms with Gasteiger partial charge in [-0.15, -0.1) is 0 Å². The topological polar surface area (TPSA) is 86.8 Å². The Balaban J connectivity index is 2.18. The number of amides is 2. The van der Waals surface area contributed by atoms with Gasteiger partial charge in [-0.3, -0.25) is 13.9 Å². The van der Waals surface area contributed by atoms with E-state index in [0.717, 1.165) is 22.5 Å². The van der Waals surface area contributed by atoms with Gasteiger partial charge in [-0.25, -0.2) is 12.8 Å². The third-order valence-corrected chi connectivity index (χ3v) is 6.91. The molecule has 1 N–H and O–H groups in total. The monoisotopic (exact) mass is 525 g/mol. The Morgan fingerprint density at radius 2 is 1.69 bits per heavy atom. The molecular weight excluding hydrogens is 493 g/mol. The molecule has 7 nitrogen and oxygen atoms in total. The number of carbonyl (C=O) groups is 2. The molecule has 35 heavy (non-hydrogen) atoms. The lowest BCUT2D eigenvalue weighted by atomic mass is 10.1. The SMILES string of the molecule is CCCNC(=O)[C@H](CC)N(Cc1ccc(Cl)cc1)C(=O)CCCN(c1ccc(F)cc1)S(C)(=O)=O. The van der Waals surface area contributed by atoms with E-state index in [1.807, 2.05) is 13.8 Å². The van der Waals surface area contributed by atoms with Crippen molar-refractivity contribution in [3.05, 3.63) is 64.9 Å². The van der Waals surface area contributed by atoms with Crippen LogP contribution < -0.4 is 9.62 Å². The van der Waals surface area contributed by atoms with Gasteiger partial charge in [0.05, 0.1) is 11.9 Å². The molecule has 192 valence electrons. The standard InChI is InChI=1S/C25H33ClFN3O4S/c1-4-16-28-25(32)23(5-2)29(18-19-8-10-20(26)11-9-19)24(31)7-6-17-30(35(3,33)34)22-14-12-21(27)13-15-22/h8-15,23H,4-7,16-18H2,1-3H3,(H,28,32)/t23-/m0/s1. The summed E-state index contributed by atoms with van der Waals surface area (Å²) in [7, 11) is -3.64. The Labute approximate surface area is 212 Å². The first-order valence-corrected chi connectivity index (χ1v) is 13.8. The van der Waals surface area contributed by atoms with E-state index in [2.05, 4.69) is 5.32 Å². The van der Waals surface area contributed by atoms with Crippen LogP contribution in [-0.4, -0.2) is 50.5 Å². The maximum absolute atomic E-state index is 13.3. The van der Waals surface area contributed by atoms with Gasteiger partial charge in [0.25, 0.3) is 0 Å². The van der Waals surface area contributed by atoms with Crippen LogP contribution in [0.5, 0.6) is 0 Å². The predicted octanol–water partition coefficient (Wildman–Crippen LogP) is 4.36.